The Morgan fingerprint density at radius 3 is 2.90 bits per heavy atom. The molecule has 2 heterocycles. The lowest BCUT2D eigenvalue weighted by Gasteiger charge is -1.99. The van der Waals surface area contributed by atoms with Gasteiger partial charge in [-0.15, -0.1) is 0 Å². The van der Waals surface area contributed by atoms with Gasteiger partial charge in [-0.3, -0.25) is 24.4 Å². The predicted molar refractivity (Wildman–Crippen MR) is 73.2 cm³/mol. The maximum Gasteiger partial charge on any atom is 0.327 e. The Hall–Kier alpha value is -2.75. The van der Waals surface area contributed by atoms with Gasteiger partial charge in [0.25, 0.3) is 5.91 Å². The number of nitrogens with zero attached hydrogens (tertiary/aromatic N) is 3. The van der Waals surface area contributed by atoms with Crippen molar-refractivity contribution in [2.75, 3.05) is 12.4 Å². The van der Waals surface area contributed by atoms with Gasteiger partial charge in [0.1, 0.15) is 6.54 Å². The van der Waals surface area contributed by atoms with E-state index in [0.29, 0.717) is 5.69 Å². The molecule has 0 fully saturated rings. The van der Waals surface area contributed by atoms with Crippen LogP contribution in [0.1, 0.15) is 9.67 Å². The first-order chi connectivity index (χ1) is 9.99. The normalized spacial score (nSPS) is 10.1. The van der Waals surface area contributed by atoms with E-state index >= 15 is 0 Å². The molecule has 2 aromatic rings. The standard InChI is InChI=1S/C11H10N4O5S/c1-20-10(16)6-14-5-7(4-12-14)13-11(17)8-2-3-9(21-8)15(18)19/h2-5H,6H2,1H3,(H,13,17). The molecule has 110 valence electrons. The van der Waals surface area contributed by atoms with Crippen molar-refractivity contribution in [2.45, 2.75) is 6.54 Å². The fourth-order valence-corrected chi connectivity index (χ4v) is 2.17. The molecule has 0 spiro atoms. The van der Waals surface area contributed by atoms with Crippen LogP contribution in [-0.4, -0.2) is 33.7 Å². The molecule has 0 aliphatic heterocycles. The molecule has 2 rings (SSSR count). The number of carbonyl (C=O) groups excluding carboxylic acids is 2. The number of hydrogen-bond donors (Lipinski definition) is 1. The average molecular weight is 310 g/mol. The van der Waals surface area contributed by atoms with Gasteiger partial charge in [0, 0.05) is 12.3 Å². The van der Waals surface area contributed by atoms with Gasteiger partial charge in [-0.25, -0.2) is 0 Å². The Morgan fingerprint density at radius 1 is 1.52 bits per heavy atom. The zero-order valence-corrected chi connectivity index (χ0v) is 11.6. The number of nitrogens with one attached hydrogen (secondary N) is 1. The molecule has 0 aliphatic rings. The van der Waals surface area contributed by atoms with Crippen LogP contribution >= 0.6 is 11.3 Å². The van der Waals surface area contributed by atoms with Gasteiger partial charge >= 0.3 is 11.0 Å². The molecule has 9 nitrogen and oxygen atoms in total. The second-order valence-electron chi connectivity index (χ2n) is 3.85. The highest BCUT2D eigenvalue weighted by Gasteiger charge is 2.16. The molecule has 10 heteroatoms. The number of aromatic nitrogens is 2. The van der Waals surface area contributed by atoms with Crippen LogP contribution in [0.5, 0.6) is 0 Å². The third-order valence-electron chi connectivity index (χ3n) is 2.41. The molecule has 0 saturated heterocycles. The largest absolute Gasteiger partial charge is 0.468 e. The summed E-state index contributed by atoms with van der Waals surface area (Å²) in [7, 11) is 1.26. The Balaban J connectivity index is 2.02. The monoisotopic (exact) mass is 310 g/mol. The lowest BCUT2D eigenvalue weighted by molar-refractivity contribution is -0.380. The maximum atomic E-state index is 11.9. The van der Waals surface area contributed by atoms with Crippen molar-refractivity contribution in [3.05, 3.63) is 39.5 Å². The third kappa shape index (κ3) is 3.63. The highest BCUT2D eigenvalue weighted by atomic mass is 32.1. The lowest BCUT2D eigenvalue weighted by Crippen LogP contribution is -2.12. The molecule has 0 radical (unpaired) electrons. The van der Waals surface area contributed by atoms with Crippen molar-refractivity contribution in [3.63, 3.8) is 0 Å². The van der Waals surface area contributed by atoms with E-state index in [4.69, 9.17) is 0 Å². The second kappa shape index (κ2) is 6.13. The van der Waals surface area contributed by atoms with E-state index in [1.165, 1.54) is 36.3 Å². The molecular formula is C11H10N4O5S. The summed E-state index contributed by atoms with van der Waals surface area (Å²) in [6.07, 6.45) is 2.82. The van der Waals surface area contributed by atoms with Crippen LogP contribution in [0.25, 0.3) is 0 Å². The second-order valence-corrected chi connectivity index (χ2v) is 4.91. The van der Waals surface area contributed by atoms with E-state index < -0.39 is 16.8 Å². The zero-order chi connectivity index (χ0) is 15.4. The van der Waals surface area contributed by atoms with Crippen LogP contribution in [0.3, 0.4) is 0 Å². The summed E-state index contributed by atoms with van der Waals surface area (Å²) in [6, 6.07) is 2.64. The summed E-state index contributed by atoms with van der Waals surface area (Å²) in [4.78, 5) is 33.2. The SMILES string of the molecule is COC(=O)Cn1cc(NC(=O)c2ccc([N+](=O)[O-])s2)cn1. The highest BCUT2D eigenvalue weighted by molar-refractivity contribution is 7.17. The van der Waals surface area contributed by atoms with Gasteiger partial charge in [-0.05, 0) is 6.07 Å². The molecule has 1 N–H and O–H groups in total. The summed E-state index contributed by atoms with van der Waals surface area (Å²) in [5, 5.41) is 16.9. The van der Waals surface area contributed by atoms with Crippen LogP contribution in [0.4, 0.5) is 10.7 Å². The number of esters is 1. The zero-order valence-electron chi connectivity index (χ0n) is 10.8. The lowest BCUT2D eigenvalue weighted by atomic mass is 10.4. The molecule has 0 saturated carbocycles. The fraction of sp³-hybridized carbons (Fsp3) is 0.182. The van der Waals surface area contributed by atoms with E-state index in [1.54, 1.807) is 0 Å². The molecule has 0 aliphatic carbocycles. The predicted octanol–water partition coefficient (Wildman–Crippen LogP) is 1.28. The molecule has 0 atom stereocenters. The molecule has 0 bridgehead atoms. The van der Waals surface area contributed by atoms with Crippen molar-refractivity contribution < 1.29 is 19.2 Å². The van der Waals surface area contributed by atoms with Gasteiger partial charge in [0.05, 0.1) is 28.8 Å². The first-order valence-electron chi connectivity index (χ1n) is 5.64. The van der Waals surface area contributed by atoms with E-state index in [0.717, 1.165) is 11.3 Å². The summed E-state index contributed by atoms with van der Waals surface area (Å²) in [5.41, 5.74) is 0.375. The smallest absolute Gasteiger partial charge is 0.327 e. The van der Waals surface area contributed by atoms with Crippen molar-refractivity contribution in [1.29, 1.82) is 0 Å². The maximum absolute atomic E-state index is 11.9. The third-order valence-corrected chi connectivity index (χ3v) is 3.44. The van der Waals surface area contributed by atoms with E-state index in [1.807, 2.05) is 0 Å². The summed E-state index contributed by atoms with van der Waals surface area (Å²) in [5.74, 6) is -0.949. The number of ether oxygens (including phenoxy) is 1. The summed E-state index contributed by atoms with van der Waals surface area (Å²) in [6.45, 7) is -0.0726. The number of methoxy groups -OCH3 is 1. The Labute approximate surface area is 122 Å². The van der Waals surface area contributed by atoms with Crippen LogP contribution in [0, 0.1) is 10.1 Å². The van der Waals surface area contributed by atoms with E-state index in [9.17, 15) is 19.7 Å². The minimum atomic E-state index is -0.560. The summed E-state index contributed by atoms with van der Waals surface area (Å²) < 4.78 is 5.79. The average Bonchev–Trinajstić information content (AvgIpc) is 3.07. The van der Waals surface area contributed by atoms with Crippen LogP contribution in [0.2, 0.25) is 0 Å². The Kier molecular flexibility index (Phi) is 4.28. The number of rotatable bonds is 5. The van der Waals surface area contributed by atoms with Gasteiger partial charge < -0.3 is 10.1 Å². The van der Waals surface area contributed by atoms with E-state index in [2.05, 4.69) is 15.2 Å². The Bertz CT molecular complexity index is 692. The fourth-order valence-electron chi connectivity index (χ4n) is 1.45. The van der Waals surface area contributed by atoms with Crippen LogP contribution in [0.15, 0.2) is 24.5 Å². The van der Waals surface area contributed by atoms with Crippen molar-refractivity contribution >= 4 is 33.9 Å². The molecular weight excluding hydrogens is 300 g/mol. The molecule has 21 heavy (non-hydrogen) atoms. The highest BCUT2D eigenvalue weighted by Crippen LogP contribution is 2.24. The number of thiophene rings is 1. The van der Waals surface area contributed by atoms with Gasteiger partial charge in [-0.2, -0.15) is 5.10 Å². The van der Waals surface area contributed by atoms with Crippen molar-refractivity contribution in [3.8, 4) is 0 Å². The minimum absolute atomic E-state index is 0.0726. The minimum Gasteiger partial charge on any atom is -0.468 e. The molecule has 0 unspecified atom stereocenters. The molecule has 2 aromatic heterocycles. The van der Waals surface area contributed by atoms with Gasteiger partial charge in [-0.1, -0.05) is 11.3 Å². The molecule has 0 aromatic carbocycles. The van der Waals surface area contributed by atoms with Crippen molar-refractivity contribution in [2.24, 2.45) is 0 Å². The number of anilines is 1. The van der Waals surface area contributed by atoms with Crippen LogP contribution < -0.4 is 5.32 Å². The summed E-state index contributed by atoms with van der Waals surface area (Å²) >= 11 is 0.777. The Morgan fingerprint density at radius 2 is 2.29 bits per heavy atom. The first kappa shape index (κ1) is 14.7. The number of amides is 1. The topological polar surface area (TPSA) is 116 Å². The number of nitro groups is 1. The van der Waals surface area contributed by atoms with Gasteiger partial charge in [0.15, 0.2) is 0 Å². The first-order valence-corrected chi connectivity index (χ1v) is 6.46. The number of carbonyl (C=O) groups is 2. The molecule has 1 amide bonds. The van der Waals surface area contributed by atoms with E-state index in [-0.39, 0.29) is 16.4 Å². The quantitative estimate of drug-likeness (QED) is 0.505. The van der Waals surface area contributed by atoms with Crippen molar-refractivity contribution in [1.82, 2.24) is 9.78 Å². The van der Waals surface area contributed by atoms with Gasteiger partial charge in [0.2, 0.25) is 0 Å². The van der Waals surface area contributed by atoms with Crippen LogP contribution in [-0.2, 0) is 16.1 Å². The number of hydrogen-bond acceptors (Lipinski definition) is 7.